The second-order valence-electron chi connectivity index (χ2n) is 4.68. The lowest BCUT2D eigenvalue weighted by Crippen LogP contribution is -2.46. The highest BCUT2D eigenvalue weighted by Gasteiger charge is 2.20. The van der Waals surface area contributed by atoms with Crippen LogP contribution in [-0.2, 0) is 9.53 Å². The van der Waals surface area contributed by atoms with Gasteiger partial charge in [0.15, 0.2) is 0 Å². The Morgan fingerprint density at radius 3 is 2.90 bits per heavy atom. The largest absolute Gasteiger partial charge is 0.465 e. The van der Waals surface area contributed by atoms with Gasteiger partial charge >= 0.3 is 12.0 Å². The lowest BCUT2D eigenvalue weighted by atomic mass is 10.1. The molecule has 112 valence electrons. The SMILES string of the molecule is CCOC(=O)C(N)CNC(=O)NC1C=Cc2ccccc21. The molecule has 2 atom stereocenters. The second-order valence-corrected chi connectivity index (χ2v) is 4.68. The maximum Gasteiger partial charge on any atom is 0.324 e. The minimum Gasteiger partial charge on any atom is -0.465 e. The van der Waals surface area contributed by atoms with Gasteiger partial charge in [-0.3, -0.25) is 4.79 Å². The van der Waals surface area contributed by atoms with Crippen molar-refractivity contribution in [3.8, 4) is 0 Å². The molecule has 0 saturated heterocycles. The van der Waals surface area contributed by atoms with Gasteiger partial charge in [-0.05, 0) is 18.1 Å². The van der Waals surface area contributed by atoms with Gasteiger partial charge in [-0.15, -0.1) is 0 Å². The number of nitrogens with two attached hydrogens (primary N) is 1. The van der Waals surface area contributed by atoms with E-state index in [0.29, 0.717) is 0 Å². The highest BCUT2D eigenvalue weighted by atomic mass is 16.5. The van der Waals surface area contributed by atoms with Crippen molar-refractivity contribution < 1.29 is 14.3 Å². The van der Waals surface area contributed by atoms with E-state index < -0.39 is 12.0 Å². The molecule has 1 aromatic carbocycles. The van der Waals surface area contributed by atoms with Crippen LogP contribution in [0.5, 0.6) is 0 Å². The number of fused-ring (bicyclic) bond motifs is 1. The molecule has 1 aliphatic rings. The lowest BCUT2D eigenvalue weighted by Gasteiger charge is -2.16. The highest BCUT2D eigenvalue weighted by molar-refractivity contribution is 5.79. The standard InChI is InChI=1S/C15H19N3O3/c1-2-21-14(19)12(16)9-17-15(20)18-13-8-7-10-5-3-4-6-11(10)13/h3-8,12-13H,2,9,16H2,1H3,(H2,17,18,20). The number of hydrogen-bond donors (Lipinski definition) is 3. The third-order valence-electron chi connectivity index (χ3n) is 3.16. The number of hydrogen-bond acceptors (Lipinski definition) is 4. The Bertz CT molecular complexity index is 557. The Labute approximate surface area is 123 Å². The molecule has 1 aromatic rings. The van der Waals surface area contributed by atoms with Gasteiger partial charge in [0.25, 0.3) is 0 Å². The van der Waals surface area contributed by atoms with E-state index in [-0.39, 0.29) is 25.2 Å². The molecule has 0 spiro atoms. The van der Waals surface area contributed by atoms with Crippen molar-refractivity contribution >= 4 is 18.1 Å². The summed E-state index contributed by atoms with van der Waals surface area (Å²) in [6.45, 7) is 2.00. The first-order chi connectivity index (χ1) is 10.1. The molecule has 0 saturated carbocycles. The van der Waals surface area contributed by atoms with Crippen LogP contribution in [0.2, 0.25) is 0 Å². The third-order valence-corrected chi connectivity index (χ3v) is 3.16. The Hall–Kier alpha value is -2.34. The first-order valence-electron chi connectivity index (χ1n) is 6.85. The number of carbonyl (C=O) groups is 2. The fraction of sp³-hybridized carbons (Fsp3) is 0.333. The third kappa shape index (κ3) is 3.82. The summed E-state index contributed by atoms with van der Waals surface area (Å²) in [6.07, 6.45) is 3.88. The van der Waals surface area contributed by atoms with E-state index in [1.807, 2.05) is 36.4 Å². The van der Waals surface area contributed by atoms with Crippen molar-refractivity contribution in [2.45, 2.75) is 19.0 Å². The van der Waals surface area contributed by atoms with Gasteiger partial charge in [0, 0.05) is 6.54 Å². The van der Waals surface area contributed by atoms with Crippen LogP contribution in [0.3, 0.4) is 0 Å². The normalized spacial score (nSPS) is 17.0. The molecule has 0 bridgehead atoms. The van der Waals surface area contributed by atoms with Gasteiger partial charge in [-0.2, -0.15) is 0 Å². The van der Waals surface area contributed by atoms with Gasteiger partial charge in [0.2, 0.25) is 0 Å². The maximum absolute atomic E-state index is 11.8. The molecule has 2 rings (SSSR count). The summed E-state index contributed by atoms with van der Waals surface area (Å²) in [6, 6.07) is 6.43. The van der Waals surface area contributed by atoms with Crippen molar-refractivity contribution in [3.63, 3.8) is 0 Å². The minimum atomic E-state index is -0.859. The average Bonchev–Trinajstić information content (AvgIpc) is 2.88. The molecule has 1 aliphatic carbocycles. The number of esters is 1. The summed E-state index contributed by atoms with van der Waals surface area (Å²) in [4.78, 5) is 23.2. The van der Waals surface area contributed by atoms with Crippen LogP contribution in [-0.4, -0.2) is 31.2 Å². The fourth-order valence-electron chi connectivity index (χ4n) is 2.10. The number of nitrogens with one attached hydrogen (secondary N) is 2. The van der Waals surface area contributed by atoms with Crippen LogP contribution in [0.15, 0.2) is 30.3 Å². The number of benzene rings is 1. The first-order valence-corrected chi connectivity index (χ1v) is 6.85. The molecule has 2 amide bonds. The second kappa shape index (κ2) is 6.90. The van der Waals surface area contributed by atoms with Gasteiger partial charge in [0.05, 0.1) is 12.6 Å². The number of ether oxygens (including phenoxy) is 1. The zero-order chi connectivity index (χ0) is 15.2. The molecular weight excluding hydrogens is 270 g/mol. The molecule has 0 aromatic heterocycles. The summed E-state index contributed by atoms with van der Waals surface area (Å²) in [5.74, 6) is -0.524. The fourth-order valence-corrected chi connectivity index (χ4v) is 2.10. The van der Waals surface area contributed by atoms with Crippen LogP contribution in [0, 0.1) is 0 Å². The Kier molecular flexibility index (Phi) is 4.94. The van der Waals surface area contributed by atoms with Crippen LogP contribution < -0.4 is 16.4 Å². The van der Waals surface area contributed by atoms with E-state index in [9.17, 15) is 9.59 Å². The first kappa shape index (κ1) is 15.1. The molecule has 0 fully saturated rings. The number of amides is 2. The van der Waals surface area contributed by atoms with Crippen molar-refractivity contribution in [2.24, 2.45) is 5.73 Å². The van der Waals surface area contributed by atoms with Crippen molar-refractivity contribution in [1.82, 2.24) is 10.6 Å². The van der Waals surface area contributed by atoms with Crippen molar-refractivity contribution in [3.05, 3.63) is 41.5 Å². The van der Waals surface area contributed by atoms with Gasteiger partial charge in [-0.25, -0.2) is 4.79 Å². The molecule has 2 unspecified atom stereocenters. The summed E-state index contributed by atoms with van der Waals surface area (Å²) in [7, 11) is 0. The molecule has 0 heterocycles. The summed E-state index contributed by atoms with van der Waals surface area (Å²) in [5.41, 5.74) is 7.74. The average molecular weight is 289 g/mol. The van der Waals surface area contributed by atoms with Crippen LogP contribution in [0.4, 0.5) is 4.79 Å². The zero-order valence-corrected chi connectivity index (χ0v) is 11.8. The monoisotopic (exact) mass is 289 g/mol. The lowest BCUT2D eigenvalue weighted by molar-refractivity contribution is -0.144. The van der Waals surface area contributed by atoms with Crippen LogP contribution in [0.1, 0.15) is 24.1 Å². The van der Waals surface area contributed by atoms with Gasteiger partial charge < -0.3 is 21.1 Å². The molecule has 21 heavy (non-hydrogen) atoms. The number of urea groups is 1. The van der Waals surface area contributed by atoms with E-state index in [0.717, 1.165) is 11.1 Å². The molecule has 0 radical (unpaired) electrons. The molecule has 6 heteroatoms. The van der Waals surface area contributed by atoms with Crippen molar-refractivity contribution in [2.75, 3.05) is 13.2 Å². The predicted octanol–water partition coefficient (Wildman–Crippen LogP) is 0.944. The van der Waals surface area contributed by atoms with Gasteiger partial charge in [0.1, 0.15) is 6.04 Å². The maximum atomic E-state index is 11.8. The summed E-state index contributed by atoms with van der Waals surface area (Å²) >= 11 is 0. The molecular formula is C15H19N3O3. The smallest absolute Gasteiger partial charge is 0.324 e. The van der Waals surface area contributed by atoms with Crippen LogP contribution >= 0.6 is 0 Å². The molecule has 4 N–H and O–H groups in total. The van der Waals surface area contributed by atoms with Crippen LogP contribution in [0.25, 0.3) is 6.08 Å². The summed E-state index contributed by atoms with van der Waals surface area (Å²) < 4.78 is 4.77. The molecule has 0 aliphatic heterocycles. The van der Waals surface area contributed by atoms with E-state index >= 15 is 0 Å². The quantitative estimate of drug-likeness (QED) is 0.703. The number of carbonyl (C=O) groups excluding carboxylic acids is 2. The van der Waals surface area contributed by atoms with E-state index in [1.54, 1.807) is 6.92 Å². The van der Waals surface area contributed by atoms with Crippen molar-refractivity contribution in [1.29, 1.82) is 0 Å². The molecule has 6 nitrogen and oxygen atoms in total. The summed E-state index contributed by atoms with van der Waals surface area (Å²) in [5, 5.41) is 5.39. The topological polar surface area (TPSA) is 93.4 Å². The minimum absolute atomic E-state index is 0.0305. The predicted molar refractivity (Wildman–Crippen MR) is 79.4 cm³/mol. The Morgan fingerprint density at radius 2 is 2.14 bits per heavy atom. The zero-order valence-electron chi connectivity index (χ0n) is 11.8. The Balaban J connectivity index is 1.81. The highest BCUT2D eigenvalue weighted by Crippen LogP contribution is 2.27. The number of rotatable bonds is 5. The Morgan fingerprint density at radius 1 is 1.38 bits per heavy atom. The van der Waals surface area contributed by atoms with Gasteiger partial charge in [-0.1, -0.05) is 36.4 Å². The van der Waals surface area contributed by atoms with E-state index in [2.05, 4.69) is 10.6 Å². The van der Waals surface area contributed by atoms with E-state index in [4.69, 9.17) is 10.5 Å². The van der Waals surface area contributed by atoms with E-state index in [1.165, 1.54) is 0 Å².